The molecule has 0 aliphatic heterocycles. The van der Waals surface area contributed by atoms with Gasteiger partial charge in [0, 0.05) is 4.88 Å². The molecule has 1 aliphatic rings. The first-order valence-corrected chi connectivity index (χ1v) is 5.98. The molecule has 0 radical (unpaired) electrons. The second-order valence-electron chi connectivity index (χ2n) is 3.81. The second kappa shape index (κ2) is 3.39. The molecule has 0 amide bonds. The number of nitriles is 1. The van der Waals surface area contributed by atoms with Gasteiger partial charge in [0.15, 0.2) is 0 Å². The van der Waals surface area contributed by atoms with Crippen LogP contribution in [0.5, 0.6) is 0 Å². The van der Waals surface area contributed by atoms with Gasteiger partial charge in [-0.05, 0) is 31.4 Å². The summed E-state index contributed by atoms with van der Waals surface area (Å²) in [4.78, 5) is 9.78. The van der Waals surface area contributed by atoms with Crippen LogP contribution in [-0.2, 0) is 6.42 Å². The third-order valence-electron chi connectivity index (χ3n) is 2.76. The van der Waals surface area contributed by atoms with Crippen molar-refractivity contribution in [2.24, 2.45) is 0 Å². The lowest BCUT2D eigenvalue weighted by atomic mass is 10.0. The third-order valence-corrected chi connectivity index (χ3v) is 4.06. The first kappa shape index (κ1) is 9.49. The molecule has 0 fully saturated rings. The number of allylic oxidation sites excluding steroid dienone is 1. The number of aryl methyl sites for hydroxylation is 2. The number of hydrogen-bond acceptors (Lipinski definition) is 4. The summed E-state index contributed by atoms with van der Waals surface area (Å²) in [5.74, 6) is 0.278. The van der Waals surface area contributed by atoms with Crippen LogP contribution in [0.1, 0.15) is 28.4 Å². The van der Waals surface area contributed by atoms with Crippen molar-refractivity contribution >= 4 is 27.6 Å². The monoisotopic (exact) mass is 227 g/mol. The highest BCUT2D eigenvalue weighted by molar-refractivity contribution is 7.20. The van der Waals surface area contributed by atoms with E-state index in [2.05, 4.69) is 22.1 Å². The van der Waals surface area contributed by atoms with E-state index in [9.17, 15) is 0 Å². The van der Waals surface area contributed by atoms with Crippen molar-refractivity contribution in [2.45, 2.75) is 19.8 Å². The second-order valence-corrected chi connectivity index (χ2v) is 4.86. The summed E-state index contributed by atoms with van der Waals surface area (Å²) in [6.07, 6.45) is 6.42. The van der Waals surface area contributed by atoms with Gasteiger partial charge in [-0.25, -0.2) is 9.97 Å². The average molecular weight is 227 g/mol. The zero-order chi connectivity index (χ0) is 11.1. The summed E-state index contributed by atoms with van der Waals surface area (Å²) >= 11 is 1.72. The van der Waals surface area contributed by atoms with E-state index in [0.717, 1.165) is 28.8 Å². The molecule has 0 unspecified atom stereocenters. The Morgan fingerprint density at radius 1 is 1.44 bits per heavy atom. The molecular weight excluding hydrogens is 218 g/mol. The van der Waals surface area contributed by atoms with E-state index >= 15 is 0 Å². The standard InChI is InChI=1S/C12H9N3S/c1-7-12-11(15-10(6-13)14-7)8-4-2-3-5-9(8)16-12/h3,5H,2,4H2,1H3. The van der Waals surface area contributed by atoms with Crippen LogP contribution in [0.4, 0.5) is 0 Å². The van der Waals surface area contributed by atoms with Crippen molar-refractivity contribution in [1.29, 1.82) is 5.26 Å². The Morgan fingerprint density at radius 3 is 3.12 bits per heavy atom. The van der Waals surface area contributed by atoms with E-state index in [0.29, 0.717) is 0 Å². The molecule has 2 heterocycles. The molecule has 16 heavy (non-hydrogen) atoms. The first-order valence-electron chi connectivity index (χ1n) is 5.16. The highest BCUT2D eigenvalue weighted by atomic mass is 32.1. The fourth-order valence-corrected chi connectivity index (χ4v) is 3.19. The third kappa shape index (κ3) is 1.25. The van der Waals surface area contributed by atoms with E-state index in [1.54, 1.807) is 11.3 Å². The largest absolute Gasteiger partial charge is 0.233 e. The van der Waals surface area contributed by atoms with Gasteiger partial charge in [0.05, 0.1) is 15.9 Å². The topological polar surface area (TPSA) is 49.6 Å². The average Bonchev–Trinajstić information content (AvgIpc) is 2.68. The molecule has 0 bridgehead atoms. The molecule has 0 aromatic carbocycles. The van der Waals surface area contributed by atoms with Gasteiger partial charge in [-0.3, -0.25) is 0 Å². The molecule has 2 aromatic rings. The van der Waals surface area contributed by atoms with Crippen LogP contribution in [0.15, 0.2) is 6.08 Å². The van der Waals surface area contributed by atoms with Crippen molar-refractivity contribution in [1.82, 2.24) is 9.97 Å². The van der Waals surface area contributed by atoms with Crippen LogP contribution in [0.25, 0.3) is 16.3 Å². The summed E-state index contributed by atoms with van der Waals surface area (Å²) < 4.78 is 1.12. The molecular formula is C12H9N3S. The first-order chi connectivity index (χ1) is 7.79. The van der Waals surface area contributed by atoms with E-state index in [1.807, 2.05) is 13.0 Å². The quantitative estimate of drug-likeness (QED) is 0.695. The molecule has 3 rings (SSSR count). The van der Waals surface area contributed by atoms with Crippen LogP contribution in [0.2, 0.25) is 0 Å². The van der Waals surface area contributed by atoms with Gasteiger partial charge in [-0.15, -0.1) is 11.3 Å². The normalized spacial score (nSPS) is 13.8. The minimum absolute atomic E-state index is 0.278. The predicted octanol–water partition coefficient (Wildman–Crippen LogP) is 2.83. The molecule has 0 saturated carbocycles. The zero-order valence-corrected chi connectivity index (χ0v) is 9.64. The highest BCUT2D eigenvalue weighted by Crippen LogP contribution is 2.35. The summed E-state index contributed by atoms with van der Waals surface area (Å²) in [7, 11) is 0. The Kier molecular flexibility index (Phi) is 2.01. The van der Waals surface area contributed by atoms with Crippen molar-refractivity contribution in [2.75, 3.05) is 0 Å². The molecule has 4 heteroatoms. The lowest BCUT2D eigenvalue weighted by Gasteiger charge is -2.03. The maximum absolute atomic E-state index is 8.88. The maximum Gasteiger partial charge on any atom is 0.233 e. The predicted molar refractivity (Wildman–Crippen MR) is 64.2 cm³/mol. The van der Waals surface area contributed by atoms with Crippen LogP contribution >= 0.6 is 11.3 Å². The summed E-state index contributed by atoms with van der Waals surface area (Å²) in [5, 5.41) is 8.88. The summed E-state index contributed by atoms with van der Waals surface area (Å²) in [6, 6.07) is 2.02. The number of thiophene rings is 1. The summed E-state index contributed by atoms with van der Waals surface area (Å²) in [5.41, 5.74) is 3.17. The molecule has 2 aromatic heterocycles. The lowest BCUT2D eigenvalue weighted by Crippen LogP contribution is -1.95. The SMILES string of the molecule is Cc1nc(C#N)nc2c3c(sc12)C=CCC3. The molecule has 0 spiro atoms. The minimum Gasteiger partial charge on any atom is -0.223 e. The minimum atomic E-state index is 0.278. The van der Waals surface area contributed by atoms with Crippen molar-refractivity contribution in [3.05, 3.63) is 28.0 Å². The summed E-state index contributed by atoms with van der Waals surface area (Å²) in [6.45, 7) is 1.94. The van der Waals surface area contributed by atoms with Gasteiger partial charge in [-0.1, -0.05) is 6.08 Å². The number of rotatable bonds is 0. The van der Waals surface area contributed by atoms with Crippen molar-refractivity contribution < 1.29 is 0 Å². The Hall–Kier alpha value is -1.73. The van der Waals surface area contributed by atoms with E-state index in [-0.39, 0.29) is 5.82 Å². The molecule has 3 nitrogen and oxygen atoms in total. The van der Waals surface area contributed by atoms with E-state index in [4.69, 9.17) is 5.26 Å². The smallest absolute Gasteiger partial charge is 0.223 e. The van der Waals surface area contributed by atoms with Gasteiger partial charge >= 0.3 is 0 Å². The highest BCUT2D eigenvalue weighted by Gasteiger charge is 2.16. The van der Waals surface area contributed by atoms with Crippen LogP contribution < -0.4 is 0 Å². The van der Waals surface area contributed by atoms with Crippen LogP contribution in [0, 0.1) is 18.3 Å². The maximum atomic E-state index is 8.88. The van der Waals surface area contributed by atoms with E-state index in [1.165, 1.54) is 10.4 Å². The number of fused-ring (bicyclic) bond motifs is 3. The van der Waals surface area contributed by atoms with Crippen molar-refractivity contribution in [3.8, 4) is 6.07 Å². The van der Waals surface area contributed by atoms with Crippen LogP contribution in [0.3, 0.4) is 0 Å². The Bertz CT molecular complexity index is 646. The van der Waals surface area contributed by atoms with Crippen molar-refractivity contribution in [3.63, 3.8) is 0 Å². The van der Waals surface area contributed by atoms with Crippen LogP contribution in [-0.4, -0.2) is 9.97 Å². The lowest BCUT2D eigenvalue weighted by molar-refractivity contribution is 0.995. The number of aromatic nitrogens is 2. The fraction of sp³-hybridized carbons (Fsp3) is 0.250. The van der Waals surface area contributed by atoms with Gasteiger partial charge in [0.25, 0.3) is 0 Å². The van der Waals surface area contributed by atoms with Gasteiger partial charge in [0.1, 0.15) is 6.07 Å². The molecule has 0 atom stereocenters. The molecule has 78 valence electrons. The Balaban J connectivity index is 2.41. The number of hydrogen-bond donors (Lipinski definition) is 0. The fourth-order valence-electron chi connectivity index (χ4n) is 2.02. The Labute approximate surface area is 97.1 Å². The molecule has 1 aliphatic carbocycles. The molecule has 0 N–H and O–H groups in total. The Morgan fingerprint density at radius 2 is 2.31 bits per heavy atom. The number of nitrogens with zero attached hydrogens (tertiary/aromatic N) is 3. The van der Waals surface area contributed by atoms with E-state index < -0.39 is 0 Å². The van der Waals surface area contributed by atoms with Gasteiger partial charge in [-0.2, -0.15) is 5.26 Å². The molecule has 0 saturated heterocycles. The zero-order valence-electron chi connectivity index (χ0n) is 8.82. The van der Waals surface area contributed by atoms with Gasteiger partial charge < -0.3 is 0 Å². The van der Waals surface area contributed by atoms with Gasteiger partial charge in [0.2, 0.25) is 5.82 Å².